The molecule has 0 radical (unpaired) electrons. The molecule has 4 heteroatoms. The lowest BCUT2D eigenvalue weighted by Gasteiger charge is -2.15. The standard InChI is InChI=1S/C30H34N4/c1-5-19(6-2)29-25-13-11-23(32-25)17-21-9-10-22(31-21)18-24-12-14-26(33-24)30(20(7-3)8-4)28-16-15-27(29)34-28/h9-20,31-32H,5-8H2,1-4H3. The zero-order valence-electron chi connectivity index (χ0n) is 20.7. The first-order valence-corrected chi connectivity index (χ1v) is 12.7. The number of nitrogens with zero attached hydrogens (tertiary/aromatic N) is 2. The zero-order valence-corrected chi connectivity index (χ0v) is 20.7. The third-order valence-corrected chi connectivity index (χ3v) is 7.26. The fourth-order valence-corrected chi connectivity index (χ4v) is 5.36. The Kier molecular flexibility index (Phi) is 6.23. The summed E-state index contributed by atoms with van der Waals surface area (Å²) < 4.78 is 0. The van der Waals surface area contributed by atoms with E-state index in [1.165, 1.54) is 11.1 Å². The Balaban J connectivity index is 1.92. The summed E-state index contributed by atoms with van der Waals surface area (Å²) in [5.74, 6) is 0.866. The first-order chi connectivity index (χ1) is 16.6. The van der Waals surface area contributed by atoms with Gasteiger partial charge in [0.25, 0.3) is 0 Å². The maximum absolute atomic E-state index is 5.25. The number of rotatable bonds is 6. The first kappa shape index (κ1) is 22.4. The fourth-order valence-electron chi connectivity index (χ4n) is 5.36. The molecule has 0 saturated carbocycles. The molecule has 34 heavy (non-hydrogen) atoms. The smallest absolute Gasteiger partial charge is 0.0694 e. The number of hydrogen-bond acceptors (Lipinski definition) is 2. The Morgan fingerprint density at radius 2 is 1.12 bits per heavy atom. The SMILES string of the molecule is CCC(CC)c1c2nc(cc3ccc(cc4ccc([nH]4)c(C(CC)CC)c4nc1C=C4)[nH]3)C=C2. The highest BCUT2D eigenvalue weighted by Gasteiger charge is 2.21. The van der Waals surface area contributed by atoms with E-state index in [1.807, 2.05) is 0 Å². The third kappa shape index (κ3) is 4.13. The number of aromatic amines is 2. The summed E-state index contributed by atoms with van der Waals surface area (Å²) >= 11 is 0. The molecule has 0 fully saturated rings. The van der Waals surface area contributed by atoms with Crippen LogP contribution >= 0.6 is 0 Å². The molecule has 0 saturated heterocycles. The summed E-state index contributed by atoms with van der Waals surface area (Å²) in [6, 6.07) is 12.9. The highest BCUT2D eigenvalue weighted by atomic mass is 14.8. The number of nitrogens with one attached hydrogen (secondary N) is 2. The first-order valence-electron chi connectivity index (χ1n) is 12.7. The number of hydrogen-bond donors (Lipinski definition) is 2. The van der Waals surface area contributed by atoms with Crippen LogP contribution in [0.4, 0.5) is 0 Å². The molecule has 0 aliphatic carbocycles. The lowest BCUT2D eigenvalue weighted by atomic mass is 9.91. The van der Waals surface area contributed by atoms with E-state index in [0.29, 0.717) is 11.8 Å². The van der Waals surface area contributed by atoms with E-state index in [4.69, 9.17) is 9.97 Å². The molecular weight excluding hydrogens is 416 g/mol. The van der Waals surface area contributed by atoms with Crippen molar-refractivity contribution >= 4 is 46.4 Å². The van der Waals surface area contributed by atoms with E-state index >= 15 is 0 Å². The molecule has 5 heterocycles. The maximum Gasteiger partial charge on any atom is 0.0694 e. The molecule has 4 nitrogen and oxygen atoms in total. The molecule has 8 bridgehead atoms. The largest absolute Gasteiger partial charge is 0.355 e. The Morgan fingerprint density at radius 3 is 1.82 bits per heavy atom. The number of fused-ring (bicyclic) bond motifs is 8. The minimum atomic E-state index is 0.421. The predicted molar refractivity (Wildman–Crippen MR) is 146 cm³/mol. The van der Waals surface area contributed by atoms with Gasteiger partial charge in [0.1, 0.15) is 0 Å². The van der Waals surface area contributed by atoms with Crippen molar-refractivity contribution in [2.45, 2.75) is 65.2 Å². The molecular formula is C30H34N4. The Morgan fingerprint density at radius 1 is 0.588 bits per heavy atom. The molecule has 3 aromatic heterocycles. The van der Waals surface area contributed by atoms with Gasteiger partial charge in [-0.2, -0.15) is 0 Å². The van der Waals surface area contributed by atoms with E-state index in [1.54, 1.807) is 0 Å². The van der Waals surface area contributed by atoms with Crippen LogP contribution < -0.4 is 0 Å². The van der Waals surface area contributed by atoms with Crippen LogP contribution in [0.3, 0.4) is 0 Å². The van der Waals surface area contributed by atoms with Crippen molar-refractivity contribution in [2.75, 3.05) is 0 Å². The Bertz CT molecular complexity index is 1410. The predicted octanol–water partition coefficient (Wildman–Crippen LogP) is 8.46. The second-order valence-electron chi connectivity index (χ2n) is 9.31. The van der Waals surface area contributed by atoms with Crippen molar-refractivity contribution in [1.82, 2.24) is 19.9 Å². The van der Waals surface area contributed by atoms with Gasteiger partial charge in [-0.3, -0.25) is 0 Å². The van der Waals surface area contributed by atoms with Crippen LogP contribution in [-0.4, -0.2) is 19.9 Å². The van der Waals surface area contributed by atoms with Crippen LogP contribution in [-0.2, 0) is 0 Å². The van der Waals surface area contributed by atoms with E-state index < -0.39 is 0 Å². The van der Waals surface area contributed by atoms with Gasteiger partial charge in [-0.05, 0) is 98.2 Å². The molecule has 5 rings (SSSR count). The number of H-pyrrole nitrogens is 2. The zero-order chi connectivity index (χ0) is 23.7. The van der Waals surface area contributed by atoms with Gasteiger partial charge >= 0.3 is 0 Å². The molecule has 2 N–H and O–H groups in total. The molecule has 0 amide bonds. The van der Waals surface area contributed by atoms with Crippen LogP contribution in [0.25, 0.3) is 46.4 Å². The molecule has 2 aliphatic heterocycles. The van der Waals surface area contributed by atoms with Gasteiger partial charge in [0.05, 0.1) is 22.8 Å². The summed E-state index contributed by atoms with van der Waals surface area (Å²) in [5.41, 5.74) is 11.1. The summed E-state index contributed by atoms with van der Waals surface area (Å²) in [7, 11) is 0. The third-order valence-electron chi connectivity index (χ3n) is 7.26. The van der Waals surface area contributed by atoms with Crippen LogP contribution in [0.2, 0.25) is 0 Å². The van der Waals surface area contributed by atoms with E-state index in [9.17, 15) is 0 Å². The van der Waals surface area contributed by atoms with Crippen molar-refractivity contribution in [3.8, 4) is 0 Å². The highest BCUT2D eigenvalue weighted by molar-refractivity contribution is 5.81. The minimum Gasteiger partial charge on any atom is -0.355 e. The molecule has 3 aromatic rings. The minimum absolute atomic E-state index is 0.421. The lowest BCUT2D eigenvalue weighted by molar-refractivity contribution is 0.634. The van der Waals surface area contributed by atoms with Gasteiger partial charge in [0.15, 0.2) is 0 Å². The molecule has 174 valence electrons. The quantitative estimate of drug-likeness (QED) is 0.272. The summed E-state index contributed by atoms with van der Waals surface area (Å²) in [5, 5.41) is 0. The van der Waals surface area contributed by atoms with Gasteiger partial charge in [-0.25, -0.2) is 9.97 Å². The second kappa shape index (κ2) is 9.46. The lowest BCUT2D eigenvalue weighted by Crippen LogP contribution is -2.03. The van der Waals surface area contributed by atoms with Gasteiger partial charge in [0, 0.05) is 33.2 Å². The molecule has 0 spiro atoms. The molecule has 0 unspecified atom stereocenters. The molecule has 2 aliphatic rings. The summed E-state index contributed by atoms with van der Waals surface area (Å²) in [6.07, 6.45) is 13.0. The fraction of sp³-hybridized carbons (Fsp3) is 0.333. The highest BCUT2D eigenvalue weighted by Crippen LogP contribution is 2.35. The Labute approximate surface area is 201 Å². The monoisotopic (exact) mass is 450 g/mol. The maximum atomic E-state index is 5.25. The van der Waals surface area contributed by atoms with Gasteiger partial charge in [-0.1, -0.05) is 27.7 Å². The van der Waals surface area contributed by atoms with Gasteiger partial charge < -0.3 is 9.97 Å². The van der Waals surface area contributed by atoms with Crippen LogP contribution in [0.15, 0.2) is 36.4 Å². The van der Waals surface area contributed by atoms with Crippen molar-refractivity contribution in [2.24, 2.45) is 0 Å². The van der Waals surface area contributed by atoms with Crippen LogP contribution in [0.5, 0.6) is 0 Å². The average Bonchev–Trinajstić information content (AvgIpc) is 3.65. The molecule has 0 atom stereocenters. The number of aromatic nitrogens is 4. The average molecular weight is 451 g/mol. The van der Waals surface area contributed by atoms with Crippen molar-refractivity contribution in [1.29, 1.82) is 0 Å². The van der Waals surface area contributed by atoms with Crippen molar-refractivity contribution in [3.05, 3.63) is 70.3 Å². The van der Waals surface area contributed by atoms with Gasteiger partial charge in [0.2, 0.25) is 0 Å². The second-order valence-corrected chi connectivity index (χ2v) is 9.31. The topological polar surface area (TPSA) is 57.4 Å². The Hall–Kier alpha value is -3.40. The van der Waals surface area contributed by atoms with E-state index in [-0.39, 0.29) is 0 Å². The normalized spacial score (nSPS) is 12.9. The van der Waals surface area contributed by atoms with Crippen molar-refractivity contribution < 1.29 is 0 Å². The molecule has 0 aromatic carbocycles. The van der Waals surface area contributed by atoms with Crippen LogP contribution in [0, 0.1) is 0 Å². The van der Waals surface area contributed by atoms with E-state index in [0.717, 1.165) is 70.5 Å². The van der Waals surface area contributed by atoms with E-state index in [2.05, 4.69) is 98.4 Å². The van der Waals surface area contributed by atoms with Crippen LogP contribution in [0.1, 0.15) is 99.1 Å². The summed E-state index contributed by atoms with van der Waals surface area (Å²) in [4.78, 5) is 17.5. The van der Waals surface area contributed by atoms with Crippen molar-refractivity contribution in [3.63, 3.8) is 0 Å². The summed E-state index contributed by atoms with van der Waals surface area (Å²) in [6.45, 7) is 9.07. The van der Waals surface area contributed by atoms with Gasteiger partial charge in [-0.15, -0.1) is 0 Å².